The number of nitrogens with zero attached hydrogens (tertiary/aromatic N) is 4. The second-order valence-electron chi connectivity index (χ2n) is 4.86. The number of rotatable bonds is 6. The molecule has 0 atom stereocenters. The van der Waals surface area contributed by atoms with Gasteiger partial charge in [0.15, 0.2) is 5.82 Å². The van der Waals surface area contributed by atoms with Gasteiger partial charge in [-0.1, -0.05) is 23.9 Å². The van der Waals surface area contributed by atoms with Crippen molar-refractivity contribution in [1.82, 2.24) is 20.2 Å². The third kappa shape index (κ3) is 3.70. The Balaban J connectivity index is 2.17. The number of benzene rings is 1. The van der Waals surface area contributed by atoms with Gasteiger partial charge < -0.3 is 16.1 Å². The summed E-state index contributed by atoms with van der Waals surface area (Å²) in [5.41, 5.74) is 1.93. The maximum absolute atomic E-state index is 11.5. The Hall–Kier alpha value is -2.22. The first kappa shape index (κ1) is 16.2. The van der Waals surface area contributed by atoms with Crippen LogP contribution in [-0.4, -0.2) is 47.2 Å². The number of nitrogen functional groups attached to an aromatic ring is 1. The minimum Gasteiger partial charge on any atom is -0.378 e. The number of carbonyl (C=O) groups is 1. The van der Waals surface area contributed by atoms with Crippen molar-refractivity contribution in [3.63, 3.8) is 0 Å². The highest BCUT2D eigenvalue weighted by atomic mass is 32.2. The molecule has 0 aliphatic carbocycles. The molecule has 0 spiro atoms. The number of anilines is 1. The summed E-state index contributed by atoms with van der Waals surface area (Å²) in [6.45, 7) is 2.49. The maximum Gasteiger partial charge on any atom is 0.230 e. The summed E-state index contributed by atoms with van der Waals surface area (Å²) < 4.78 is 1.42. The van der Waals surface area contributed by atoms with Gasteiger partial charge in [-0.05, 0) is 19.1 Å². The van der Waals surface area contributed by atoms with Crippen molar-refractivity contribution >= 4 is 23.4 Å². The quantitative estimate of drug-likeness (QED) is 0.608. The number of nitrogens with two attached hydrogens (primary N) is 1. The summed E-state index contributed by atoms with van der Waals surface area (Å²) in [5, 5.41) is 11.4. The van der Waals surface area contributed by atoms with Gasteiger partial charge >= 0.3 is 0 Å². The van der Waals surface area contributed by atoms with Crippen LogP contribution in [0.15, 0.2) is 29.4 Å². The number of aromatic nitrogens is 3. The molecule has 0 fully saturated rings. The number of thioether (sulfide) groups is 1. The Morgan fingerprint density at radius 2 is 2.18 bits per heavy atom. The summed E-state index contributed by atoms with van der Waals surface area (Å²) in [5.74, 6) is 6.83. The highest BCUT2D eigenvalue weighted by Crippen LogP contribution is 2.24. The lowest BCUT2D eigenvalue weighted by atomic mass is 10.2. The van der Waals surface area contributed by atoms with E-state index in [0.717, 1.165) is 11.3 Å². The molecule has 0 aliphatic rings. The Labute approximate surface area is 133 Å². The van der Waals surface area contributed by atoms with E-state index in [2.05, 4.69) is 15.5 Å². The highest BCUT2D eigenvalue weighted by molar-refractivity contribution is 7.99. The number of hydrogen-bond acceptors (Lipinski definition) is 6. The summed E-state index contributed by atoms with van der Waals surface area (Å²) in [7, 11) is 3.94. The van der Waals surface area contributed by atoms with Crippen LogP contribution in [0.1, 0.15) is 6.92 Å². The SMILES string of the molecule is CCNC(=O)CSc1nnc(-c2cccc(N(C)C)c2)n1N. The monoisotopic (exact) mass is 320 g/mol. The molecule has 8 heteroatoms. The van der Waals surface area contributed by atoms with E-state index in [9.17, 15) is 4.79 Å². The molecule has 1 aromatic carbocycles. The van der Waals surface area contributed by atoms with Crippen molar-refractivity contribution in [2.45, 2.75) is 12.1 Å². The zero-order valence-corrected chi connectivity index (χ0v) is 13.7. The van der Waals surface area contributed by atoms with Crippen LogP contribution < -0.4 is 16.1 Å². The van der Waals surface area contributed by atoms with E-state index in [1.54, 1.807) is 0 Å². The van der Waals surface area contributed by atoms with Crippen LogP contribution in [0.3, 0.4) is 0 Å². The van der Waals surface area contributed by atoms with Crippen molar-refractivity contribution in [3.8, 4) is 11.4 Å². The summed E-state index contributed by atoms with van der Waals surface area (Å²) in [6, 6.07) is 7.87. The number of nitrogens with one attached hydrogen (secondary N) is 1. The molecule has 3 N–H and O–H groups in total. The molecule has 0 aliphatic heterocycles. The lowest BCUT2D eigenvalue weighted by molar-refractivity contribution is -0.118. The molecular formula is C14H20N6OS. The van der Waals surface area contributed by atoms with Crippen molar-refractivity contribution in [2.24, 2.45) is 0 Å². The molecule has 0 radical (unpaired) electrons. The molecule has 7 nitrogen and oxygen atoms in total. The second-order valence-corrected chi connectivity index (χ2v) is 5.81. The van der Waals surface area contributed by atoms with E-state index in [1.807, 2.05) is 50.2 Å². The first-order valence-corrected chi connectivity index (χ1v) is 7.89. The van der Waals surface area contributed by atoms with E-state index in [4.69, 9.17) is 5.84 Å². The fourth-order valence-electron chi connectivity index (χ4n) is 1.87. The van der Waals surface area contributed by atoms with Crippen molar-refractivity contribution in [3.05, 3.63) is 24.3 Å². The largest absolute Gasteiger partial charge is 0.378 e. The molecule has 118 valence electrons. The van der Waals surface area contributed by atoms with Crippen molar-refractivity contribution in [2.75, 3.05) is 37.1 Å². The standard InChI is InChI=1S/C14H20N6OS/c1-4-16-12(21)9-22-14-18-17-13(20(14)15)10-6-5-7-11(8-10)19(2)3/h5-8H,4,9,15H2,1-3H3,(H,16,21). The molecule has 1 aromatic heterocycles. The van der Waals surface area contributed by atoms with E-state index in [0.29, 0.717) is 17.5 Å². The molecule has 2 rings (SSSR count). The average Bonchev–Trinajstić information content (AvgIpc) is 2.86. The van der Waals surface area contributed by atoms with Crippen LogP contribution in [0.5, 0.6) is 0 Å². The lowest BCUT2D eigenvalue weighted by Crippen LogP contribution is -2.24. The zero-order valence-electron chi connectivity index (χ0n) is 12.9. The van der Waals surface area contributed by atoms with Crippen LogP contribution in [0, 0.1) is 0 Å². The zero-order chi connectivity index (χ0) is 16.1. The van der Waals surface area contributed by atoms with Gasteiger partial charge in [0.25, 0.3) is 0 Å². The molecule has 2 aromatic rings. The van der Waals surface area contributed by atoms with Gasteiger partial charge in [0.05, 0.1) is 5.75 Å². The molecule has 22 heavy (non-hydrogen) atoms. The molecular weight excluding hydrogens is 300 g/mol. The van der Waals surface area contributed by atoms with Crippen molar-refractivity contribution < 1.29 is 4.79 Å². The third-order valence-corrected chi connectivity index (χ3v) is 3.93. The number of carbonyl (C=O) groups excluding carboxylic acids is 1. The van der Waals surface area contributed by atoms with Gasteiger partial charge in [0, 0.05) is 31.9 Å². The normalized spacial score (nSPS) is 10.5. The van der Waals surface area contributed by atoms with Crippen LogP contribution in [-0.2, 0) is 4.79 Å². The minimum absolute atomic E-state index is 0.0494. The predicted molar refractivity (Wildman–Crippen MR) is 89.3 cm³/mol. The van der Waals surface area contributed by atoms with Crippen molar-refractivity contribution in [1.29, 1.82) is 0 Å². The fraction of sp³-hybridized carbons (Fsp3) is 0.357. The van der Waals surface area contributed by atoms with E-state index < -0.39 is 0 Å². The lowest BCUT2D eigenvalue weighted by Gasteiger charge is -2.13. The molecule has 1 heterocycles. The highest BCUT2D eigenvalue weighted by Gasteiger charge is 2.14. The number of hydrogen-bond donors (Lipinski definition) is 2. The number of amides is 1. The van der Waals surface area contributed by atoms with E-state index in [-0.39, 0.29) is 11.7 Å². The van der Waals surface area contributed by atoms with Gasteiger partial charge in [-0.2, -0.15) is 0 Å². The second kappa shape index (κ2) is 7.17. The Morgan fingerprint density at radius 3 is 2.86 bits per heavy atom. The molecule has 1 amide bonds. The maximum atomic E-state index is 11.5. The topological polar surface area (TPSA) is 89.1 Å². The first-order valence-electron chi connectivity index (χ1n) is 6.90. The first-order chi connectivity index (χ1) is 10.5. The Kier molecular flexibility index (Phi) is 5.26. The van der Waals surface area contributed by atoms with Gasteiger partial charge in [-0.3, -0.25) is 4.79 Å². The van der Waals surface area contributed by atoms with Crippen LogP contribution in [0.25, 0.3) is 11.4 Å². The summed E-state index contributed by atoms with van der Waals surface area (Å²) in [4.78, 5) is 13.5. The smallest absolute Gasteiger partial charge is 0.230 e. The van der Waals surface area contributed by atoms with Crippen LogP contribution >= 0.6 is 11.8 Å². The Bertz CT molecular complexity index is 655. The van der Waals surface area contributed by atoms with Gasteiger partial charge in [-0.25, -0.2) is 4.68 Å². The van der Waals surface area contributed by atoms with Gasteiger partial charge in [-0.15, -0.1) is 10.2 Å². The van der Waals surface area contributed by atoms with E-state index in [1.165, 1.54) is 16.4 Å². The molecule has 0 saturated carbocycles. The predicted octanol–water partition coefficient (Wildman–Crippen LogP) is 0.953. The third-order valence-electron chi connectivity index (χ3n) is 2.99. The molecule has 0 bridgehead atoms. The van der Waals surface area contributed by atoms with E-state index >= 15 is 0 Å². The molecule has 0 saturated heterocycles. The summed E-state index contributed by atoms with van der Waals surface area (Å²) >= 11 is 1.26. The Morgan fingerprint density at radius 1 is 1.41 bits per heavy atom. The average molecular weight is 320 g/mol. The summed E-state index contributed by atoms with van der Waals surface area (Å²) in [6.07, 6.45) is 0. The minimum atomic E-state index is -0.0494. The van der Waals surface area contributed by atoms with Gasteiger partial charge in [0.2, 0.25) is 11.1 Å². The van der Waals surface area contributed by atoms with Crippen LogP contribution in [0.2, 0.25) is 0 Å². The fourth-order valence-corrected chi connectivity index (χ4v) is 2.56. The van der Waals surface area contributed by atoms with Crippen LogP contribution in [0.4, 0.5) is 5.69 Å². The van der Waals surface area contributed by atoms with Gasteiger partial charge in [0.1, 0.15) is 0 Å². The molecule has 0 unspecified atom stereocenters.